The van der Waals surface area contributed by atoms with Crippen molar-refractivity contribution in [3.05, 3.63) is 35.2 Å². The third-order valence-electron chi connectivity index (χ3n) is 3.48. The lowest BCUT2D eigenvalue weighted by Crippen LogP contribution is -1.98. The van der Waals surface area contributed by atoms with Gasteiger partial charge in [-0.3, -0.25) is 0 Å². The molecule has 118 valence electrons. The van der Waals surface area contributed by atoms with Crippen LogP contribution in [0.15, 0.2) is 30.3 Å². The molecule has 1 heterocycles. The smallest absolute Gasteiger partial charge is 0.147 e. The van der Waals surface area contributed by atoms with Gasteiger partial charge < -0.3 is 0 Å². The highest BCUT2D eigenvalue weighted by molar-refractivity contribution is 7.38. The maximum absolute atomic E-state index is 13.3. The molecule has 0 nitrogen and oxygen atoms in total. The Morgan fingerprint density at radius 1 is 1.00 bits per heavy atom. The standard InChI is InChI=1S/C16H20F3S.ClH/c1-2-3-4-5-6-10-14-12-13-9-7-8-11-15(13)20(14)16(17,18)19;/h7-9,11-12H,2-6,10H2,1H3;1H/q+1;. The van der Waals surface area contributed by atoms with Crippen molar-refractivity contribution < 1.29 is 13.2 Å². The highest BCUT2D eigenvalue weighted by Crippen LogP contribution is 2.51. The van der Waals surface area contributed by atoms with Gasteiger partial charge in [0, 0.05) is 17.9 Å². The molecule has 2 aromatic rings. The highest BCUT2D eigenvalue weighted by atomic mass is 35.5. The van der Waals surface area contributed by atoms with Gasteiger partial charge in [0.2, 0.25) is 0 Å². The fraction of sp³-hybridized carbons (Fsp3) is 0.500. The lowest BCUT2D eigenvalue weighted by atomic mass is 10.1. The first-order valence-electron chi connectivity index (χ1n) is 7.14. The molecule has 2 rings (SSSR count). The van der Waals surface area contributed by atoms with Crippen LogP contribution >= 0.6 is 22.9 Å². The van der Waals surface area contributed by atoms with E-state index in [4.69, 9.17) is 0 Å². The molecule has 21 heavy (non-hydrogen) atoms. The molecule has 0 bridgehead atoms. The van der Waals surface area contributed by atoms with Crippen molar-refractivity contribution in [3.8, 4) is 0 Å². The Morgan fingerprint density at radius 2 is 1.67 bits per heavy atom. The molecule has 0 aliphatic heterocycles. The van der Waals surface area contributed by atoms with Crippen molar-refractivity contribution in [1.29, 1.82) is 0 Å². The van der Waals surface area contributed by atoms with E-state index in [0.717, 1.165) is 31.1 Å². The third kappa shape index (κ3) is 4.62. The first kappa shape index (κ1) is 18.3. The van der Waals surface area contributed by atoms with Crippen LogP contribution in [0.5, 0.6) is 0 Å². The molecule has 1 unspecified atom stereocenters. The zero-order valence-corrected chi connectivity index (χ0v) is 13.7. The van der Waals surface area contributed by atoms with E-state index >= 15 is 0 Å². The molecule has 1 aromatic carbocycles. The predicted molar refractivity (Wildman–Crippen MR) is 87.4 cm³/mol. The van der Waals surface area contributed by atoms with Crippen LogP contribution in [0.25, 0.3) is 10.1 Å². The molecule has 0 aliphatic carbocycles. The van der Waals surface area contributed by atoms with Gasteiger partial charge in [-0.2, -0.15) is 0 Å². The van der Waals surface area contributed by atoms with Crippen molar-refractivity contribution >= 4 is 33.0 Å². The second kappa shape index (κ2) is 8.04. The monoisotopic (exact) mass is 337 g/mol. The van der Waals surface area contributed by atoms with Gasteiger partial charge in [0.1, 0.15) is 0 Å². The Kier molecular flexibility index (Phi) is 7.01. The lowest BCUT2D eigenvalue weighted by molar-refractivity contribution is -0.0867. The van der Waals surface area contributed by atoms with Gasteiger partial charge in [0.05, 0.1) is 10.5 Å². The van der Waals surface area contributed by atoms with Crippen LogP contribution in [0.1, 0.15) is 43.9 Å². The SMILES string of the molecule is CCCCCCCc1cc2ccccc2[s+]1C(F)(F)F.Cl. The van der Waals surface area contributed by atoms with Crippen LogP contribution in [0.3, 0.4) is 0 Å². The number of unbranched alkanes of at least 4 members (excludes halogenated alkanes) is 4. The van der Waals surface area contributed by atoms with E-state index in [2.05, 4.69) is 6.92 Å². The summed E-state index contributed by atoms with van der Waals surface area (Å²) < 4.78 is 40.3. The number of halogens is 4. The quantitative estimate of drug-likeness (QED) is 0.393. The molecule has 0 N–H and O–H groups in total. The van der Waals surface area contributed by atoms with Crippen LogP contribution in [-0.4, -0.2) is 0 Å². The van der Waals surface area contributed by atoms with E-state index in [1.54, 1.807) is 30.3 Å². The molecular weight excluding hydrogens is 317 g/mol. The summed E-state index contributed by atoms with van der Waals surface area (Å²) in [6, 6.07) is 8.66. The summed E-state index contributed by atoms with van der Waals surface area (Å²) >= 11 is 0. The van der Waals surface area contributed by atoms with Crippen molar-refractivity contribution in [2.24, 2.45) is 0 Å². The predicted octanol–water partition coefficient (Wildman–Crippen LogP) is 7.00. The topological polar surface area (TPSA) is 0 Å². The minimum absolute atomic E-state index is 0. The van der Waals surface area contributed by atoms with E-state index in [-0.39, 0.29) is 12.4 Å². The van der Waals surface area contributed by atoms with Crippen LogP contribution < -0.4 is 0 Å². The Labute approximate surface area is 132 Å². The maximum Gasteiger partial charge on any atom is 0.600 e. The molecule has 0 spiro atoms. The number of benzene rings is 1. The number of alkyl halides is 3. The Balaban J connectivity index is 0.00000220. The second-order valence-electron chi connectivity index (χ2n) is 5.06. The minimum atomic E-state index is -4.15. The molecule has 1 atom stereocenters. The molecular formula is C16H21ClF3S+. The lowest BCUT2D eigenvalue weighted by Gasteiger charge is -2.01. The average molecular weight is 338 g/mol. The number of rotatable bonds is 6. The van der Waals surface area contributed by atoms with Crippen molar-refractivity contribution in [3.63, 3.8) is 0 Å². The van der Waals surface area contributed by atoms with E-state index in [1.165, 1.54) is 6.42 Å². The molecule has 0 aliphatic rings. The van der Waals surface area contributed by atoms with Crippen LogP contribution in [-0.2, 0) is 11.9 Å². The van der Waals surface area contributed by atoms with Gasteiger partial charge in [0.15, 0.2) is 9.58 Å². The van der Waals surface area contributed by atoms with E-state index < -0.39 is 16.0 Å². The molecule has 5 heteroatoms. The first-order chi connectivity index (χ1) is 9.54. The zero-order valence-electron chi connectivity index (χ0n) is 12.1. The van der Waals surface area contributed by atoms with Crippen molar-refractivity contribution in [2.75, 3.05) is 0 Å². The van der Waals surface area contributed by atoms with Gasteiger partial charge in [0.25, 0.3) is 0 Å². The number of hydrogen-bond donors (Lipinski definition) is 0. The minimum Gasteiger partial charge on any atom is -0.147 e. The maximum atomic E-state index is 13.3. The summed E-state index contributed by atoms with van der Waals surface area (Å²) in [5.74, 6) is 0. The molecule has 0 amide bonds. The summed E-state index contributed by atoms with van der Waals surface area (Å²) in [6.07, 6.45) is 5.90. The molecule has 0 radical (unpaired) electrons. The van der Waals surface area contributed by atoms with E-state index in [1.807, 2.05) is 0 Å². The normalized spacial score (nSPS) is 12.5. The van der Waals surface area contributed by atoms with Gasteiger partial charge >= 0.3 is 5.51 Å². The van der Waals surface area contributed by atoms with Gasteiger partial charge in [-0.05, 0) is 18.6 Å². The number of aryl methyl sites for hydroxylation is 1. The highest BCUT2D eigenvalue weighted by Gasteiger charge is 2.47. The van der Waals surface area contributed by atoms with Crippen LogP contribution in [0.4, 0.5) is 13.2 Å². The molecule has 0 saturated carbocycles. The largest absolute Gasteiger partial charge is 0.600 e. The fourth-order valence-electron chi connectivity index (χ4n) is 2.51. The Hall–Kier alpha value is -0.740. The van der Waals surface area contributed by atoms with E-state index in [0.29, 0.717) is 16.0 Å². The first-order valence-corrected chi connectivity index (χ1v) is 8.37. The Morgan fingerprint density at radius 3 is 2.33 bits per heavy atom. The summed E-state index contributed by atoms with van der Waals surface area (Å²) in [4.78, 5) is 0.565. The summed E-state index contributed by atoms with van der Waals surface area (Å²) in [5, 5.41) is 0.747. The number of hydrogen-bond acceptors (Lipinski definition) is 0. The van der Waals surface area contributed by atoms with E-state index in [9.17, 15) is 13.2 Å². The molecule has 1 aromatic heterocycles. The number of fused-ring (bicyclic) bond motifs is 1. The summed E-state index contributed by atoms with van der Waals surface area (Å²) in [7, 11) is -1.70. The number of thiophene rings is 1. The van der Waals surface area contributed by atoms with Crippen LogP contribution in [0.2, 0.25) is 0 Å². The third-order valence-corrected chi connectivity index (χ3v) is 5.60. The molecule has 0 fully saturated rings. The summed E-state index contributed by atoms with van der Waals surface area (Å²) in [5.41, 5.74) is -4.15. The average Bonchev–Trinajstić information content (AvgIpc) is 2.76. The summed E-state index contributed by atoms with van der Waals surface area (Å²) in [6.45, 7) is 2.14. The second-order valence-corrected chi connectivity index (χ2v) is 7.10. The van der Waals surface area contributed by atoms with Crippen LogP contribution in [0, 0.1) is 0 Å². The Bertz CT molecular complexity index is 560. The zero-order chi connectivity index (χ0) is 14.6. The fourth-order valence-corrected chi connectivity index (χ4v) is 4.51. The van der Waals surface area contributed by atoms with Gasteiger partial charge in [-0.25, -0.2) is 0 Å². The van der Waals surface area contributed by atoms with Crippen molar-refractivity contribution in [2.45, 2.75) is 51.0 Å². The van der Waals surface area contributed by atoms with Gasteiger partial charge in [-0.1, -0.05) is 44.7 Å². The van der Waals surface area contributed by atoms with Gasteiger partial charge in [-0.15, -0.1) is 25.6 Å². The molecule has 0 saturated heterocycles. The van der Waals surface area contributed by atoms with Crippen molar-refractivity contribution in [1.82, 2.24) is 0 Å².